The molecule has 0 fully saturated rings. The molecule has 2 aromatic rings. The van der Waals surface area contributed by atoms with Crippen LogP contribution in [0.15, 0.2) is 48.5 Å². The Morgan fingerprint density at radius 1 is 1.10 bits per heavy atom. The number of carbonyl (C=O) groups is 1. The van der Waals surface area contributed by atoms with E-state index >= 15 is 0 Å². The third kappa shape index (κ3) is 3.98. The van der Waals surface area contributed by atoms with E-state index in [4.69, 9.17) is 10.5 Å². The average Bonchev–Trinajstić information content (AvgIpc) is 2.45. The normalized spacial score (nSPS) is 11.2. The highest BCUT2D eigenvalue weighted by molar-refractivity contribution is 5.93. The van der Waals surface area contributed by atoms with Crippen molar-refractivity contribution >= 4 is 5.91 Å². The number of nitrogens with two attached hydrogens (primary N) is 1. The highest BCUT2D eigenvalue weighted by Gasteiger charge is 2.31. The summed E-state index contributed by atoms with van der Waals surface area (Å²) >= 11 is 0. The summed E-state index contributed by atoms with van der Waals surface area (Å²) in [6.07, 6.45) is -4.57. The quantitative estimate of drug-likeness (QED) is 0.940. The summed E-state index contributed by atoms with van der Waals surface area (Å²) in [6, 6.07) is 11.7. The fraction of sp³-hybridized carbons (Fsp3) is 0.133. The lowest BCUT2D eigenvalue weighted by molar-refractivity contribution is -0.137. The molecule has 1 amide bonds. The van der Waals surface area contributed by atoms with Gasteiger partial charge in [-0.2, -0.15) is 13.2 Å². The van der Waals surface area contributed by atoms with E-state index in [1.54, 1.807) is 24.3 Å². The van der Waals surface area contributed by atoms with Crippen LogP contribution in [0.5, 0.6) is 5.75 Å². The second-order valence-electron chi connectivity index (χ2n) is 4.38. The minimum absolute atomic E-state index is 0.0533. The number of carbonyl (C=O) groups excluding carboxylic acids is 1. The summed E-state index contributed by atoms with van der Waals surface area (Å²) in [5.41, 5.74) is 4.63. The Labute approximate surface area is 119 Å². The maximum absolute atomic E-state index is 12.8. The average molecular weight is 295 g/mol. The molecule has 0 spiro atoms. The zero-order valence-electron chi connectivity index (χ0n) is 10.9. The van der Waals surface area contributed by atoms with Crippen molar-refractivity contribution in [3.05, 3.63) is 65.2 Å². The van der Waals surface area contributed by atoms with Gasteiger partial charge in [-0.25, -0.2) is 0 Å². The van der Waals surface area contributed by atoms with Gasteiger partial charge in [-0.3, -0.25) is 4.79 Å². The summed E-state index contributed by atoms with van der Waals surface area (Å²) in [6.45, 7) is 0.0976. The Bertz CT molecular complexity index is 639. The number of primary amides is 1. The maximum atomic E-state index is 12.8. The van der Waals surface area contributed by atoms with Crippen molar-refractivity contribution in [2.45, 2.75) is 12.8 Å². The number of ether oxygens (including phenoxy) is 1. The molecule has 0 aliphatic rings. The molecule has 0 aliphatic carbocycles. The van der Waals surface area contributed by atoms with Crippen molar-refractivity contribution in [1.82, 2.24) is 0 Å². The van der Waals surface area contributed by atoms with Crippen molar-refractivity contribution < 1.29 is 22.7 Å². The summed E-state index contributed by atoms with van der Waals surface area (Å²) < 4.78 is 43.6. The van der Waals surface area contributed by atoms with Gasteiger partial charge in [0.1, 0.15) is 12.4 Å². The van der Waals surface area contributed by atoms with Crippen molar-refractivity contribution in [3.63, 3.8) is 0 Å². The molecule has 0 aromatic heterocycles. The molecule has 0 heterocycles. The predicted octanol–water partition coefficient (Wildman–Crippen LogP) is 3.38. The summed E-state index contributed by atoms with van der Waals surface area (Å²) in [4.78, 5) is 11.1. The Morgan fingerprint density at radius 2 is 1.76 bits per heavy atom. The zero-order valence-corrected chi connectivity index (χ0v) is 10.9. The van der Waals surface area contributed by atoms with Gasteiger partial charge in [0.2, 0.25) is 5.91 Å². The first-order valence-electron chi connectivity index (χ1n) is 6.05. The molecule has 2 aromatic carbocycles. The van der Waals surface area contributed by atoms with E-state index in [0.717, 1.165) is 11.6 Å². The van der Waals surface area contributed by atoms with Gasteiger partial charge >= 0.3 is 6.18 Å². The summed E-state index contributed by atoms with van der Waals surface area (Å²) in [5, 5.41) is 0. The molecule has 2 N–H and O–H groups in total. The molecular formula is C15H12F3NO2. The predicted molar refractivity (Wildman–Crippen MR) is 70.7 cm³/mol. The molecule has 0 unspecified atom stereocenters. The summed E-state index contributed by atoms with van der Waals surface area (Å²) in [7, 11) is 0. The monoisotopic (exact) mass is 295 g/mol. The van der Waals surface area contributed by atoms with Gasteiger partial charge in [0, 0.05) is 5.56 Å². The topological polar surface area (TPSA) is 52.3 Å². The van der Waals surface area contributed by atoms with E-state index in [0.29, 0.717) is 6.07 Å². The van der Waals surface area contributed by atoms with Crippen molar-refractivity contribution in [1.29, 1.82) is 0 Å². The van der Waals surface area contributed by atoms with E-state index in [9.17, 15) is 18.0 Å². The smallest absolute Gasteiger partial charge is 0.416 e. The van der Waals surface area contributed by atoms with Gasteiger partial charge in [0.25, 0.3) is 0 Å². The number of rotatable bonds is 4. The minimum atomic E-state index is -4.57. The maximum Gasteiger partial charge on any atom is 0.416 e. The molecule has 0 aliphatic heterocycles. The minimum Gasteiger partial charge on any atom is -0.489 e. The Hall–Kier alpha value is -2.50. The van der Waals surface area contributed by atoms with Crippen LogP contribution >= 0.6 is 0 Å². The van der Waals surface area contributed by atoms with Gasteiger partial charge in [0.15, 0.2) is 0 Å². The number of benzene rings is 2. The SMILES string of the molecule is NC(=O)c1cc(OCc2ccccc2)cc(C(F)(F)F)c1. The van der Waals surface area contributed by atoms with E-state index in [1.807, 2.05) is 6.07 Å². The second kappa shape index (κ2) is 5.87. The van der Waals surface area contributed by atoms with E-state index in [1.165, 1.54) is 6.07 Å². The molecule has 0 saturated heterocycles. The van der Waals surface area contributed by atoms with Gasteiger partial charge in [-0.1, -0.05) is 30.3 Å². The standard InChI is InChI=1S/C15H12F3NO2/c16-15(17,18)12-6-11(14(19)20)7-13(8-12)21-9-10-4-2-1-3-5-10/h1-8H,9H2,(H2,19,20). The number of alkyl halides is 3. The molecule has 110 valence electrons. The van der Waals surface area contributed by atoms with E-state index in [2.05, 4.69) is 0 Å². The lowest BCUT2D eigenvalue weighted by Gasteiger charge is -2.12. The number of amides is 1. The first kappa shape index (κ1) is 14.9. The van der Waals surface area contributed by atoms with Gasteiger partial charge in [-0.05, 0) is 23.8 Å². The van der Waals surface area contributed by atoms with Crippen LogP contribution in [-0.4, -0.2) is 5.91 Å². The van der Waals surface area contributed by atoms with Crippen LogP contribution < -0.4 is 10.5 Å². The van der Waals surface area contributed by atoms with Gasteiger partial charge in [-0.15, -0.1) is 0 Å². The molecule has 0 bridgehead atoms. The van der Waals surface area contributed by atoms with Crippen LogP contribution in [0, 0.1) is 0 Å². The number of halogens is 3. The highest BCUT2D eigenvalue weighted by Crippen LogP contribution is 2.32. The van der Waals surface area contributed by atoms with E-state index in [-0.39, 0.29) is 17.9 Å². The third-order valence-electron chi connectivity index (χ3n) is 2.77. The fourth-order valence-electron chi connectivity index (χ4n) is 1.73. The van der Waals surface area contributed by atoms with Crippen LogP contribution in [0.2, 0.25) is 0 Å². The molecule has 0 radical (unpaired) electrons. The number of hydrogen-bond donors (Lipinski definition) is 1. The van der Waals surface area contributed by atoms with Crippen LogP contribution in [0.3, 0.4) is 0 Å². The van der Waals surface area contributed by atoms with E-state index < -0.39 is 17.6 Å². The van der Waals surface area contributed by atoms with Gasteiger partial charge < -0.3 is 10.5 Å². The summed E-state index contributed by atoms with van der Waals surface area (Å²) in [5.74, 6) is -0.992. The first-order chi connectivity index (χ1) is 9.86. The van der Waals surface area contributed by atoms with Crippen molar-refractivity contribution in [2.75, 3.05) is 0 Å². The fourth-order valence-corrected chi connectivity index (χ4v) is 1.73. The number of hydrogen-bond acceptors (Lipinski definition) is 2. The molecule has 2 rings (SSSR count). The molecule has 21 heavy (non-hydrogen) atoms. The third-order valence-corrected chi connectivity index (χ3v) is 2.77. The first-order valence-corrected chi connectivity index (χ1v) is 6.05. The Kier molecular flexibility index (Phi) is 4.16. The van der Waals surface area contributed by atoms with Crippen LogP contribution in [0.4, 0.5) is 13.2 Å². The largest absolute Gasteiger partial charge is 0.489 e. The van der Waals surface area contributed by atoms with Gasteiger partial charge in [0.05, 0.1) is 5.56 Å². The molecule has 3 nitrogen and oxygen atoms in total. The second-order valence-corrected chi connectivity index (χ2v) is 4.38. The lowest BCUT2D eigenvalue weighted by atomic mass is 10.1. The highest BCUT2D eigenvalue weighted by atomic mass is 19.4. The van der Waals surface area contributed by atoms with Crippen molar-refractivity contribution in [3.8, 4) is 5.75 Å². The molecule has 0 atom stereocenters. The van der Waals surface area contributed by atoms with Crippen LogP contribution in [0.1, 0.15) is 21.5 Å². The molecule has 6 heteroatoms. The Morgan fingerprint density at radius 3 is 2.33 bits per heavy atom. The van der Waals surface area contributed by atoms with Crippen molar-refractivity contribution in [2.24, 2.45) is 5.73 Å². The zero-order chi connectivity index (χ0) is 15.5. The lowest BCUT2D eigenvalue weighted by Crippen LogP contribution is -2.14. The molecule has 0 saturated carbocycles. The molecular weight excluding hydrogens is 283 g/mol. The van der Waals surface area contributed by atoms with Crippen LogP contribution in [-0.2, 0) is 12.8 Å². The Balaban J connectivity index is 2.26. The van der Waals surface area contributed by atoms with Crippen LogP contribution in [0.25, 0.3) is 0 Å².